The number of fused-ring (bicyclic) bond motifs is 1. The van der Waals surface area contributed by atoms with Gasteiger partial charge in [-0.15, -0.1) is 5.10 Å². The third-order valence-electron chi connectivity index (χ3n) is 6.05. The van der Waals surface area contributed by atoms with Gasteiger partial charge in [-0.3, -0.25) is 4.98 Å². The van der Waals surface area contributed by atoms with Gasteiger partial charge >= 0.3 is 0 Å². The van der Waals surface area contributed by atoms with Crippen LogP contribution in [0.25, 0.3) is 39.9 Å². The molecule has 0 bridgehead atoms. The van der Waals surface area contributed by atoms with Crippen LogP contribution < -0.4 is 4.90 Å². The number of rotatable bonds is 5. The van der Waals surface area contributed by atoms with E-state index in [0.29, 0.717) is 17.2 Å². The molecule has 0 saturated carbocycles. The Morgan fingerprint density at radius 1 is 1.00 bits per heavy atom. The standard InChI is InChI=1S/C25H20FN7O/c1-2-32-14-11-16-7-8-18(15-21(16)32)24-28-25(34-30-24)22-23(17-9-12-27-13-10-17)33(31-29-22)20-6-4-3-5-19(20)26/h3-10,12-13,15H,2,11,14H2,1H3. The molecule has 0 N–H and O–H groups in total. The SMILES string of the molecule is CCN1CCc2ccc(-c3noc(-c4nnn(-c5ccccc5F)c4-c4ccncc4)n3)cc21. The molecule has 0 spiro atoms. The number of pyridine rings is 1. The van der Waals surface area contributed by atoms with E-state index in [2.05, 4.69) is 49.4 Å². The molecule has 6 rings (SSSR count). The van der Waals surface area contributed by atoms with Crippen molar-refractivity contribution in [1.29, 1.82) is 0 Å². The fourth-order valence-electron chi connectivity index (χ4n) is 4.34. The third kappa shape index (κ3) is 3.33. The van der Waals surface area contributed by atoms with Crippen molar-refractivity contribution in [2.45, 2.75) is 13.3 Å². The Hall–Kier alpha value is -4.40. The molecule has 0 amide bonds. The van der Waals surface area contributed by atoms with E-state index in [0.717, 1.165) is 30.6 Å². The second-order valence-electron chi connectivity index (χ2n) is 7.98. The van der Waals surface area contributed by atoms with E-state index in [1.807, 2.05) is 6.07 Å². The summed E-state index contributed by atoms with van der Waals surface area (Å²) in [5.74, 6) is 0.248. The summed E-state index contributed by atoms with van der Waals surface area (Å²) in [4.78, 5) is 11.0. The maximum Gasteiger partial charge on any atom is 0.281 e. The molecule has 3 aromatic heterocycles. The molecule has 5 aromatic rings. The lowest BCUT2D eigenvalue weighted by atomic mass is 10.1. The van der Waals surface area contributed by atoms with Gasteiger partial charge in [0.1, 0.15) is 17.2 Å². The molecule has 0 radical (unpaired) electrons. The topological polar surface area (TPSA) is 85.8 Å². The molecular formula is C25H20FN7O. The average molecular weight is 453 g/mol. The van der Waals surface area contributed by atoms with E-state index in [-0.39, 0.29) is 11.6 Å². The van der Waals surface area contributed by atoms with Crippen LogP contribution in [-0.2, 0) is 6.42 Å². The summed E-state index contributed by atoms with van der Waals surface area (Å²) in [7, 11) is 0. The van der Waals surface area contributed by atoms with Crippen molar-refractivity contribution in [2.75, 3.05) is 18.0 Å². The van der Waals surface area contributed by atoms with Crippen LogP contribution in [0.2, 0.25) is 0 Å². The summed E-state index contributed by atoms with van der Waals surface area (Å²) in [5.41, 5.74) is 5.30. The number of halogens is 1. The summed E-state index contributed by atoms with van der Waals surface area (Å²) in [6.07, 6.45) is 4.34. The highest BCUT2D eigenvalue weighted by Crippen LogP contribution is 2.35. The summed E-state index contributed by atoms with van der Waals surface area (Å²) >= 11 is 0. The second kappa shape index (κ2) is 8.18. The van der Waals surface area contributed by atoms with E-state index in [1.54, 1.807) is 42.7 Å². The summed E-state index contributed by atoms with van der Waals surface area (Å²) in [6.45, 7) is 4.11. The van der Waals surface area contributed by atoms with Gasteiger partial charge in [0.25, 0.3) is 5.89 Å². The van der Waals surface area contributed by atoms with Crippen LogP contribution >= 0.6 is 0 Å². The molecule has 0 atom stereocenters. The first-order valence-corrected chi connectivity index (χ1v) is 11.1. The first-order valence-electron chi connectivity index (χ1n) is 11.1. The largest absolute Gasteiger partial charge is 0.371 e. The number of hydrogen-bond acceptors (Lipinski definition) is 7. The van der Waals surface area contributed by atoms with Crippen LogP contribution in [0.3, 0.4) is 0 Å². The summed E-state index contributed by atoms with van der Waals surface area (Å²) in [5, 5.41) is 12.7. The minimum atomic E-state index is -0.418. The lowest BCUT2D eigenvalue weighted by molar-refractivity contribution is 0.431. The third-order valence-corrected chi connectivity index (χ3v) is 6.05. The fraction of sp³-hybridized carbons (Fsp3) is 0.160. The number of anilines is 1. The van der Waals surface area contributed by atoms with Gasteiger partial charge in [-0.1, -0.05) is 34.6 Å². The maximum absolute atomic E-state index is 14.6. The van der Waals surface area contributed by atoms with Gasteiger partial charge in [-0.2, -0.15) is 4.98 Å². The van der Waals surface area contributed by atoms with Crippen molar-refractivity contribution in [3.8, 4) is 39.9 Å². The smallest absolute Gasteiger partial charge is 0.281 e. The number of aromatic nitrogens is 6. The molecular weight excluding hydrogens is 433 g/mol. The zero-order valence-corrected chi connectivity index (χ0v) is 18.4. The minimum Gasteiger partial charge on any atom is -0.371 e. The van der Waals surface area contributed by atoms with Crippen LogP contribution in [0, 0.1) is 5.82 Å². The molecule has 0 unspecified atom stereocenters. The Kier molecular flexibility index (Phi) is 4.87. The van der Waals surface area contributed by atoms with Gasteiger partial charge < -0.3 is 9.42 Å². The number of nitrogens with zero attached hydrogens (tertiary/aromatic N) is 7. The van der Waals surface area contributed by atoms with Gasteiger partial charge in [-0.25, -0.2) is 9.07 Å². The Morgan fingerprint density at radius 3 is 2.68 bits per heavy atom. The average Bonchev–Trinajstić information content (AvgIpc) is 3.62. The Balaban J connectivity index is 1.46. The molecule has 4 heterocycles. The number of benzene rings is 2. The highest BCUT2D eigenvalue weighted by Gasteiger charge is 2.25. The Morgan fingerprint density at radius 2 is 1.85 bits per heavy atom. The van der Waals surface area contributed by atoms with Gasteiger partial charge in [-0.05, 0) is 49.2 Å². The molecule has 1 aliphatic heterocycles. The molecule has 0 fully saturated rings. The molecule has 1 aliphatic rings. The summed E-state index contributed by atoms with van der Waals surface area (Å²) < 4.78 is 21.7. The Bertz CT molecular complexity index is 1480. The second-order valence-corrected chi connectivity index (χ2v) is 7.98. The van der Waals surface area contributed by atoms with E-state index in [1.165, 1.54) is 22.0 Å². The normalized spacial score (nSPS) is 12.8. The molecule has 0 saturated heterocycles. The summed E-state index contributed by atoms with van der Waals surface area (Å²) in [6, 6.07) is 16.2. The van der Waals surface area contributed by atoms with E-state index in [4.69, 9.17) is 4.52 Å². The van der Waals surface area contributed by atoms with Crippen molar-refractivity contribution < 1.29 is 8.91 Å². The number of para-hydroxylation sites is 1. The molecule has 9 heteroatoms. The van der Waals surface area contributed by atoms with Crippen LogP contribution in [0.5, 0.6) is 0 Å². The zero-order valence-electron chi connectivity index (χ0n) is 18.4. The highest BCUT2D eigenvalue weighted by atomic mass is 19.1. The van der Waals surface area contributed by atoms with Crippen molar-refractivity contribution in [3.63, 3.8) is 0 Å². The van der Waals surface area contributed by atoms with E-state index in [9.17, 15) is 4.39 Å². The maximum atomic E-state index is 14.6. The van der Waals surface area contributed by atoms with Crippen molar-refractivity contribution in [1.82, 2.24) is 30.1 Å². The minimum absolute atomic E-state index is 0.206. The van der Waals surface area contributed by atoms with Crippen LogP contribution in [0.1, 0.15) is 12.5 Å². The van der Waals surface area contributed by atoms with Gasteiger partial charge in [0.15, 0.2) is 5.69 Å². The quantitative estimate of drug-likeness (QED) is 0.385. The first kappa shape index (κ1) is 20.2. The van der Waals surface area contributed by atoms with Gasteiger partial charge in [0.2, 0.25) is 5.82 Å². The lowest BCUT2D eigenvalue weighted by Gasteiger charge is -2.16. The zero-order chi connectivity index (χ0) is 23.1. The molecule has 8 nitrogen and oxygen atoms in total. The van der Waals surface area contributed by atoms with Crippen LogP contribution in [0.4, 0.5) is 10.1 Å². The van der Waals surface area contributed by atoms with Crippen LogP contribution in [-0.4, -0.2) is 43.2 Å². The molecule has 168 valence electrons. The monoisotopic (exact) mass is 453 g/mol. The fourth-order valence-corrected chi connectivity index (χ4v) is 4.34. The lowest BCUT2D eigenvalue weighted by Crippen LogP contribution is -2.19. The predicted octanol–water partition coefficient (Wildman–Crippen LogP) is 4.57. The predicted molar refractivity (Wildman–Crippen MR) is 125 cm³/mol. The molecule has 34 heavy (non-hydrogen) atoms. The number of likely N-dealkylation sites (N-methyl/N-ethyl adjacent to an activating group) is 1. The van der Waals surface area contributed by atoms with Gasteiger partial charge in [0, 0.05) is 42.3 Å². The first-order chi connectivity index (χ1) is 16.7. The molecule has 0 aliphatic carbocycles. The van der Waals surface area contributed by atoms with Crippen molar-refractivity contribution in [3.05, 3.63) is 78.4 Å². The van der Waals surface area contributed by atoms with Crippen molar-refractivity contribution >= 4 is 5.69 Å². The Labute approximate surface area is 194 Å². The van der Waals surface area contributed by atoms with Gasteiger partial charge in [0.05, 0.1) is 0 Å². The number of hydrogen-bond donors (Lipinski definition) is 0. The van der Waals surface area contributed by atoms with E-state index < -0.39 is 5.82 Å². The molecule has 2 aromatic carbocycles. The van der Waals surface area contributed by atoms with Crippen LogP contribution in [0.15, 0.2) is 71.5 Å². The van der Waals surface area contributed by atoms with E-state index >= 15 is 0 Å². The highest BCUT2D eigenvalue weighted by molar-refractivity contribution is 5.76. The van der Waals surface area contributed by atoms with Crippen molar-refractivity contribution in [2.24, 2.45) is 0 Å².